The number of hydrogen-bond acceptors (Lipinski definition) is 4. The van der Waals surface area contributed by atoms with E-state index in [2.05, 4.69) is 10.3 Å². The Kier molecular flexibility index (Phi) is 5.85. The van der Waals surface area contributed by atoms with Crippen LogP contribution in [0.2, 0.25) is 0 Å². The smallest absolute Gasteiger partial charge is 0.272 e. The van der Waals surface area contributed by atoms with Crippen molar-refractivity contribution >= 4 is 17.7 Å². The van der Waals surface area contributed by atoms with Gasteiger partial charge >= 0.3 is 0 Å². The van der Waals surface area contributed by atoms with Crippen molar-refractivity contribution in [1.29, 1.82) is 0 Å². The molecule has 0 spiro atoms. The summed E-state index contributed by atoms with van der Waals surface area (Å²) in [4.78, 5) is 45.2. The van der Waals surface area contributed by atoms with E-state index in [1.54, 1.807) is 41.1 Å². The van der Waals surface area contributed by atoms with Crippen molar-refractivity contribution in [3.63, 3.8) is 0 Å². The van der Waals surface area contributed by atoms with Crippen LogP contribution in [0.25, 0.3) is 0 Å². The lowest BCUT2D eigenvalue weighted by molar-refractivity contribution is -0.137. The van der Waals surface area contributed by atoms with E-state index in [0.29, 0.717) is 31.9 Å². The number of rotatable bonds is 1. The van der Waals surface area contributed by atoms with Gasteiger partial charge in [-0.1, -0.05) is 18.9 Å². The zero-order valence-electron chi connectivity index (χ0n) is 15.2. The third-order valence-electron chi connectivity index (χ3n) is 5.33. The number of carbonyl (C=O) groups is 3. The molecule has 0 unspecified atom stereocenters. The van der Waals surface area contributed by atoms with E-state index in [4.69, 9.17) is 0 Å². The van der Waals surface area contributed by atoms with Crippen LogP contribution in [0, 0.1) is 5.92 Å². The van der Waals surface area contributed by atoms with Crippen LogP contribution < -0.4 is 5.32 Å². The summed E-state index contributed by atoms with van der Waals surface area (Å²) < 4.78 is 0. The highest BCUT2D eigenvalue weighted by atomic mass is 16.2. The standard InChI is InChI=1S/C19H26N4O3/c1-14(24)23-13-12-22(19(26)16-7-4-5-9-20-16)11-10-21-18(25)15-6-2-3-8-17(15)23/h4-5,7,9,15,17H,2-3,6,8,10-13H2,1H3,(H,21,25)/t15-,17+/m0/s1. The molecule has 3 amide bonds. The molecule has 3 rings (SSSR count). The first kappa shape index (κ1) is 18.4. The van der Waals surface area contributed by atoms with Crippen LogP contribution in [0.3, 0.4) is 0 Å². The average Bonchev–Trinajstić information content (AvgIpc) is 2.66. The Bertz CT molecular complexity index is 664. The highest BCUT2D eigenvalue weighted by Crippen LogP contribution is 2.29. The van der Waals surface area contributed by atoms with Gasteiger partial charge in [0.25, 0.3) is 5.91 Å². The molecule has 1 saturated heterocycles. The van der Waals surface area contributed by atoms with Gasteiger partial charge < -0.3 is 15.1 Å². The van der Waals surface area contributed by atoms with E-state index in [1.165, 1.54) is 0 Å². The van der Waals surface area contributed by atoms with Gasteiger partial charge in [-0.2, -0.15) is 0 Å². The van der Waals surface area contributed by atoms with Crippen LogP contribution in [0.1, 0.15) is 43.1 Å². The molecule has 2 fully saturated rings. The Morgan fingerprint density at radius 3 is 2.69 bits per heavy atom. The van der Waals surface area contributed by atoms with E-state index >= 15 is 0 Å². The normalized spacial score (nSPS) is 24.4. The summed E-state index contributed by atoms with van der Waals surface area (Å²) in [6.07, 6.45) is 5.28. The number of amides is 3. The van der Waals surface area contributed by atoms with Crippen molar-refractivity contribution < 1.29 is 14.4 Å². The van der Waals surface area contributed by atoms with Gasteiger partial charge in [0.05, 0.1) is 5.92 Å². The summed E-state index contributed by atoms with van der Waals surface area (Å²) in [7, 11) is 0. The first-order chi connectivity index (χ1) is 12.6. The van der Waals surface area contributed by atoms with E-state index in [0.717, 1.165) is 25.7 Å². The number of aromatic nitrogens is 1. The number of nitrogens with zero attached hydrogens (tertiary/aromatic N) is 3. The van der Waals surface area contributed by atoms with Gasteiger partial charge in [0.1, 0.15) is 5.69 Å². The first-order valence-corrected chi connectivity index (χ1v) is 9.33. The molecular weight excluding hydrogens is 332 g/mol. The minimum Gasteiger partial charge on any atom is -0.354 e. The van der Waals surface area contributed by atoms with Gasteiger partial charge in [-0.05, 0) is 25.0 Å². The topological polar surface area (TPSA) is 82.6 Å². The van der Waals surface area contributed by atoms with Crippen molar-refractivity contribution in [2.24, 2.45) is 5.92 Å². The SMILES string of the molecule is CC(=O)N1CCN(C(=O)c2ccccn2)CCNC(=O)[C@H]2CCCC[C@H]21. The summed E-state index contributed by atoms with van der Waals surface area (Å²) in [5, 5.41) is 2.96. The summed E-state index contributed by atoms with van der Waals surface area (Å²) in [6.45, 7) is 3.25. The molecule has 0 radical (unpaired) electrons. The lowest BCUT2D eigenvalue weighted by Gasteiger charge is -2.40. The van der Waals surface area contributed by atoms with Crippen LogP contribution in [0.4, 0.5) is 0 Å². The Morgan fingerprint density at radius 1 is 1.15 bits per heavy atom. The number of hydrogen-bond donors (Lipinski definition) is 1. The molecule has 0 aromatic carbocycles. The first-order valence-electron chi connectivity index (χ1n) is 9.33. The third-order valence-corrected chi connectivity index (χ3v) is 5.33. The van der Waals surface area contributed by atoms with Crippen LogP contribution in [-0.2, 0) is 9.59 Å². The van der Waals surface area contributed by atoms with Gasteiger partial charge in [-0.25, -0.2) is 0 Å². The minimum absolute atomic E-state index is 0.00640. The van der Waals surface area contributed by atoms with Gasteiger partial charge in [0.2, 0.25) is 11.8 Å². The van der Waals surface area contributed by atoms with Gasteiger partial charge in [-0.15, -0.1) is 0 Å². The molecule has 1 aliphatic heterocycles. The lowest BCUT2D eigenvalue weighted by Crippen LogP contribution is -2.55. The molecule has 2 heterocycles. The van der Waals surface area contributed by atoms with Crippen LogP contribution in [0.5, 0.6) is 0 Å². The molecule has 1 saturated carbocycles. The minimum atomic E-state index is -0.177. The maximum atomic E-state index is 12.8. The van der Waals surface area contributed by atoms with Crippen molar-refractivity contribution in [3.8, 4) is 0 Å². The zero-order valence-corrected chi connectivity index (χ0v) is 15.2. The van der Waals surface area contributed by atoms with Crippen LogP contribution >= 0.6 is 0 Å². The monoisotopic (exact) mass is 358 g/mol. The highest BCUT2D eigenvalue weighted by Gasteiger charge is 2.37. The van der Waals surface area contributed by atoms with E-state index < -0.39 is 0 Å². The van der Waals surface area contributed by atoms with Crippen molar-refractivity contribution in [2.45, 2.75) is 38.6 Å². The quantitative estimate of drug-likeness (QED) is 0.814. The average molecular weight is 358 g/mol. The molecule has 1 aliphatic carbocycles. The molecule has 2 aliphatic rings. The molecular formula is C19H26N4O3. The van der Waals surface area contributed by atoms with E-state index in [-0.39, 0.29) is 29.7 Å². The molecule has 1 aromatic rings. The van der Waals surface area contributed by atoms with Gasteiger partial charge in [0.15, 0.2) is 0 Å². The highest BCUT2D eigenvalue weighted by molar-refractivity contribution is 5.92. The Labute approximate surface area is 153 Å². The molecule has 140 valence electrons. The third kappa shape index (κ3) is 4.03. The molecule has 7 heteroatoms. The largest absolute Gasteiger partial charge is 0.354 e. The fourth-order valence-electron chi connectivity index (χ4n) is 3.99. The molecule has 1 N–H and O–H groups in total. The number of nitrogens with one attached hydrogen (secondary N) is 1. The van der Waals surface area contributed by atoms with Crippen molar-refractivity contribution in [3.05, 3.63) is 30.1 Å². The predicted octanol–water partition coefficient (Wildman–Crippen LogP) is 1.06. The molecule has 7 nitrogen and oxygen atoms in total. The maximum absolute atomic E-state index is 12.8. The van der Waals surface area contributed by atoms with Gasteiger partial charge in [0, 0.05) is 45.3 Å². The summed E-state index contributed by atoms with van der Waals surface area (Å²) in [6, 6.07) is 5.14. The zero-order chi connectivity index (χ0) is 18.5. The Balaban J connectivity index is 1.80. The van der Waals surface area contributed by atoms with Gasteiger partial charge in [-0.3, -0.25) is 19.4 Å². The van der Waals surface area contributed by atoms with Crippen LogP contribution in [0.15, 0.2) is 24.4 Å². The molecule has 0 bridgehead atoms. The fourth-order valence-corrected chi connectivity index (χ4v) is 3.99. The predicted molar refractivity (Wildman–Crippen MR) is 96.3 cm³/mol. The number of pyridine rings is 1. The summed E-state index contributed by atoms with van der Waals surface area (Å²) in [5.41, 5.74) is 0.376. The Hall–Kier alpha value is -2.44. The molecule has 1 aromatic heterocycles. The van der Waals surface area contributed by atoms with Crippen LogP contribution in [-0.4, -0.2) is 64.7 Å². The second-order valence-electron chi connectivity index (χ2n) is 6.97. The molecule has 2 atom stereocenters. The lowest BCUT2D eigenvalue weighted by atomic mass is 9.82. The summed E-state index contributed by atoms with van der Waals surface area (Å²) in [5.74, 6) is -0.372. The second-order valence-corrected chi connectivity index (χ2v) is 6.97. The van der Waals surface area contributed by atoms with Crippen molar-refractivity contribution in [2.75, 3.05) is 26.2 Å². The second kappa shape index (κ2) is 8.29. The summed E-state index contributed by atoms with van der Waals surface area (Å²) >= 11 is 0. The molecule has 26 heavy (non-hydrogen) atoms. The Morgan fingerprint density at radius 2 is 1.96 bits per heavy atom. The number of fused-ring (bicyclic) bond motifs is 1. The maximum Gasteiger partial charge on any atom is 0.272 e. The number of carbonyl (C=O) groups excluding carboxylic acids is 3. The fraction of sp³-hybridized carbons (Fsp3) is 0.579. The van der Waals surface area contributed by atoms with Crippen molar-refractivity contribution in [1.82, 2.24) is 20.1 Å². The van der Waals surface area contributed by atoms with E-state index in [1.807, 2.05) is 0 Å². The van der Waals surface area contributed by atoms with E-state index in [9.17, 15) is 14.4 Å².